The lowest BCUT2D eigenvalue weighted by Crippen LogP contribution is -2.31. The highest BCUT2D eigenvalue weighted by atomic mass is 19.2. The van der Waals surface area contributed by atoms with Gasteiger partial charge in [-0.3, -0.25) is 9.69 Å². The molecule has 1 saturated heterocycles. The van der Waals surface area contributed by atoms with Gasteiger partial charge >= 0.3 is 0 Å². The molecular formula is C24H31F2N3O. The number of carbonyl (C=O) groups excluding carboxylic acids is 1. The third kappa shape index (κ3) is 6.61. The van der Waals surface area contributed by atoms with E-state index in [1.54, 1.807) is 12.1 Å². The Hall–Kier alpha value is -2.31. The third-order valence-electron chi connectivity index (χ3n) is 5.50. The van der Waals surface area contributed by atoms with Crippen molar-refractivity contribution in [2.75, 3.05) is 38.0 Å². The summed E-state index contributed by atoms with van der Waals surface area (Å²) < 4.78 is 26.3. The molecule has 1 aliphatic heterocycles. The standard InChI is InChI=1S/C24H31F2N3O/c1-18(2)10-13-28-11-3-12-29(15-14-28)17-19-4-6-20(7-5-19)24(30)27-21-8-9-22(25)23(26)16-21/h4-9,16,18H,3,10-15,17H2,1-2H3,(H,27,30). The van der Waals surface area contributed by atoms with E-state index in [-0.39, 0.29) is 11.6 Å². The Kier molecular flexibility index (Phi) is 7.94. The molecule has 162 valence electrons. The highest BCUT2D eigenvalue weighted by Gasteiger charge is 2.15. The van der Waals surface area contributed by atoms with Gasteiger partial charge in [0.05, 0.1) is 0 Å². The van der Waals surface area contributed by atoms with E-state index < -0.39 is 11.6 Å². The van der Waals surface area contributed by atoms with Crippen LogP contribution in [0.1, 0.15) is 42.6 Å². The molecule has 0 spiro atoms. The van der Waals surface area contributed by atoms with Crippen LogP contribution < -0.4 is 5.32 Å². The maximum atomic E-state index is 13.3. The van der Waals surface area contributed by atoms with Crippen LogP contribution in [0.2, 0.25) is 0 Å². The molecule has 1 heterocycles. The van der Waals surface area contributed by atoms with Crippen molar-refractivity contribution in [1.82, 2.24) is 9.80 Å². The molecular weight excluding hydrogens is 384 g/mol. The van der Waals surface area contributed by atoms with Gasteiger partial charge in [-0.15, -0.1) is 0 Å². The Morgan fingerprint density at radius 3 is 2.37 bits per heavy atom. The molecule has 0 unspecified atom stereocenters. The molecule has 0 aliphatic carbocycles. The lowest BCUT2D eigenvalue weighted by molar-refractivity contribution is 0.102. The van der Waals surface area contributed by atoms with Crippen molar-refractivity contribution in [2.45, 2.75) is 33.2 Å². The van der Waals surface area contributed by atoms with Crippen molar-refractivity contribution in [3.8, 4) is 0 Å². The summed E-state index contributed by atoms with van der Waals surface area (Å²) >= 11 is 0. The first-order valence-electron chi connectivity index (χ1n) is 10.7. The van der Waals surface area contributed by atoms with Crippen molar-refractivity contribution in [3.05, 3.63) is 65.2 Å². The van der Waals surface area contributed by atoms with E-state index in [1.807, 2.05) is 12.1 Å². The first-order chi connectivity index (χ1) is 14.4. The Bertz CT molecular complexity index is 839. The average molecular weight is 416 g/mol. The smallest absolute Gasteiger partial charge is 0.255 e. The lowest BCUT2D eigenvalue weighted by atomic mass is 10.1. The van der Waals surface area contributed by atoms with Crippen LogP contribution in [-0.2, 0) is 6.54 Å². The van der Waals surface area contributed by atoms with Crippen LogP contribution in [0.4, 0.5) is 14.5 Å². The van der Waals surface area contributed by atoms with Crippen LogP contribution in [0.25, 0.3) is 0 Å². The van der Waals surface area contributed by atoms with Crippen LogP contribution in [-0.4, -0.2) is 48.4 Å². The normalized spacial score (nSPS) is 15.9. The van der Waals surface area contributed by atoms with Gasteiger partial charge in [0.2, 0.25) is 0 Å². The van der Waals surface area contributed by atoms with Crippen LogP contribution >= 0.6 is 0 Å². The molecule has 2 aromatic carbocycles. The van der Waals surface area contributed by atoms with E-state index in [1.165, 1.54) is 25.5 Å². The van der Waals surface area contributed by atoms with Gasteiger partial charge in [-0.2, -0.15) is 0 Å². The Balaban J connectivity index is 1.51. The molecule has 4 nitrogen and oxygen atoms in total. The number of hydrogen-bond acceptors (Lipinski definition) is 3. The summed E-state index contributed by atoms with van der Waals surface area (Å²) in [4.78, 5) is 17.4. The first-order valence-corrected chi connectivity index (χ1v) is 10.7. The molecule has 2 aromatic rings. The summed E-state index contributed by atoms with van der Waals surface area (Å²) in [6.07, 6.45) is 2.42. The van der Waals surface area contributed by atoms with Crippen LogP contribution in [0.15, 0.2) is 42.5 Å². The van der Waals surface area contributed by atoms with E-state index in [0.717, 1.165) is 56.3 Å². The number of carbonyl (C=O) groups is 1. The topological polar surface area (TPSA) is 35.6 Å². The predicted molar refractivity (Wildman–Crippen MR) is 117 cm³/mol. The minimum Gasteiger partial charge on any atom is -0.322 e. The molecule has 0 bridgehead atoms. The fraction of sp³-hybridized carbons (Fsp3) is 0.458. The highest BCUT2D eigenvalue weighted by Crippen LogP contribution is 2.16. The van der Waals surface area contributed by atoms with Crippen LogP contribution in [0, 0.1) is 17.6 Å². The molecule has 1 aliphatic rings. The van der Waals surface area contributed by atoms with Gasteiger partial charge in [0.15, 0.2) is 11.6 Å². The second-order valence-electron chi connectivity index (χ2n) is 8.43. The fourth-order valence-electron chi connectivity index (χ4n) is 3.64. The predicted octanol–water partition coefficient (Wildman–Crippen LogP) is 4.77. The van der Waals surface area contributed by atoms with Gasteiger partial charge < -0.3 is 10.2 Å². The number of amides is 1. The van der Waals surface area contributed by atoms with Gasteiger partial charge in [0.25, 0.3) is 5.91 Å². The minimum atomic E-state index is -0.983. The number of rotatable bonds is 7. The summed E-state index contributed by atoms with van der Waals surface area (Å²) in [6, 6.07) is 10.8. The summed E-state index contributed by atoms with van der Waals surface area (Å²) in [6.45, 7) is 11.0. The monoisotopic (exact) mass is 415 g/mol. The third-order valence-corrected chi connectivity index (χ3v) is 5.50. The Labute approximate surface area is 177 Å². The largest absolute Gasteiger partial charge is 0.322 e. The zero-order valence-electron chi connectivity index (χ0n) is 17.8. The number of nitrogens with zero attached hydrogens (tertiary/aromatic N) is 2. The van der Waals surface area contributed by atoms with Crippen LogP contribution in [0.5, 0.6) is 0 Å². The molecule has 1 amide bonds. The zero-order valence-corrected chi connectivity index (χ0v) is 17.8. The van der Waals surface area contributed by atoms with Gasteiger partial charge in [0.1, 0.15) is 0 Å². The van der Waals surface area contributed by atoms with E-state index in [2.05, 4.69) is 29.0 Å². The maximum absolute atomic E-state index is 13.3. The average Bonchev–Trinajstić information content (AvgIpc) is 2.95. The fourth-order valence-corrected chi connectivity index (χ4v) is 3.64. The molecule has 0 radical (unpaired) electrons. The number of anilines is 1. The highest BCUT2D eigenvalue weighted by molar-refractivity contribution is 6.04. The summed E-state index contributed by atoms with van der Waals surface area (Å²) in [5.41, 5.74) is 1.88. The summed E-state index contributed by atoms with van der Waals surface area (Å²) in [5, 5.41) is 2.60. The number of nitrogens with one attached hydrogen (secondary N) is 1. The molecule has 3 rings (SSSR count). The van der Waals surface area contributed by atoms with Crippen molar-refractivity contribution in [3.63, 3.8) is 0 Å². The molecule has 6 heteroatoms. The van der Waals surface area contributed by atoms with E-state index in [4.69, 9.17) is 0 Å². The second kappa shape index (κ2) is 10.6. The number of halogens is 2. The van der Waals surface area contributed by atoms with Gasteiger partial charge in [-0.25, -0.2) is 8.78 Å². The van der Waals surface area contributed by atoms with Gasteiger partial charge in [-0.1, -0.05) is 26.0 Å². The van der Waals surface area contributed by atoms with Gasteiger partial charge in [0, 0.05) is 37.0 Å². The molecule has 0 saturated carbocycles. The van der Waals surface area contributed by atoms with Gasteiger partial charge in [-0.05, 0) is 68.2 Å². The second-order valence-corrected chi connectivity index (χ2v) is 8.43. The summed E-state index contributed by atoms with van der Waals surface area (Å²) in [7, 11) is 0. The lowest BCUT2D eigenvalue weighted by Gasteiger charge is -2.22. The quantitative estimate of drug-likeness (QED) is 0.708. The molecule has 0 atom stereocenters. The van der Waals surface area contributed by atoms with E-state index in [9.17, 15) is 13.6 Å². The maximum Gasteiger partial charge on any atom is 0.255 e. The minimum absolute atomic E-state index is 0.231. The van der Waals surface area contributed by atoms with Crippen molar-refractivity contribution in [2.24, 2.45) is 5.92 Å². The summed E-state index contributed by atoms with van der Waals surface area (Å²) in [5.74, 6) is -1.53. The first kappa shape index (κ1) is 22.4. The number of benzene rings is 2. The Morgan fingerprint density at radius 1 is 0.967 bits per heavy atom. The van der Waals surface area contributed by atoms with Crippen LogP contribution in [0.3, 0.4) is 0 Å². The van der Waals surface area contributed by atoms with E-state index in [0.29, 0.717) is 5.56 Å². The molecule has 1 N–H and O–H groups in total. The number of hydrogen-bond donors (Lipinski definition) is 1. The molecule has 1 fully saturated rings. The molecule has 30 heavy (non-hydrogen) atoms. The molecule has 0 aromatic heterocycles. The Morgan fingerprint density at radius 2 is 1.67 bits per heavy atom. The van der Waals surface area contributed by atoms with Crippen molar-refractivity contribution in [1.29, 1.82) is 0 Å². The van der Waals surface area contributed by atoms with Crippen molar-refractivity contribution < 1.29 is 13.6 Å². The SMILES string of the molecule is CC(C)CCN1CCCN(Cc2ccc(C(=O)Nc3ccc(F)c(F)c3)cc2)CC1. The zero-order chi connectivity index (χ0) is 21.5. The van der Waals surface area contributed by atoms with E-state index >= 15 is 0 Å². The van der Waals surface area contributed by atoms with Crippen molar-refractivity contribution >= 4 is 11.6 Å².